The van der Waals surface area contributed by atoms with E-state index in [2.05, 4.69) is 40.5 Å². The Kier molecular flexibility index (Phi) is 5.84. The molecule has 0 spiro atoms. The first-order valence-electron chi connectivity index (χ1n) is 9.34. The monoisotopic (exact) mass is 368 g/mol. The van der Waals surface area contributed by atoms with Gasteiger partial charge in [-0.2, -0.15) is 0 Å². The number of hydrogen-bond donors (Lipinski definition) is 2. The molecule has 6 nitrogen and oxygen atoms in total. The lowest BCUT2D eigenvalue weighted by atomic mass is 9.90. The molecule has 0 saturated heterocycles. The molecule has 0 bridgehead atoms. The van der Waals surface area contributed by atoms with Crippen LogP contribution in [0, 0.1) is 0 Å². The van der Waals surface area contributed by atoms with E-state index in [9.17, 15) is 0 Å². The summed E-state index contributed by atoms with van der Waals surface area (Å²) in [6, 6.07) is 12.2. The number of ether oxygens (including phenoxy) is 2. The van der Waals surface area contributed by atoms with Crippen LogP contribution >= 0.6 is 0 Å². The number of nitrogens with zero attached hydrogens (tertiary/aromatic N) is 2. The zero-order chi connectivity index (χ0) is 19.3. The van der Waals surface area contributed by atoms with Crippen molar-refractivity contribution in [1.82, 2.24) is 15.6 Å². The predicted octanol–water partition coefficient (Wildman–Crippen LogP) is 3.45. The Morgan fingerprint density at radius 3 is 2.89 bits per heavy atom. The lowest BCUT2D eigenvalue weighted by Gasteiger charge is -2.38. The van der Waals surface area contributed by atoms with Crippen LogP contribution in [0.2, 0.25) is 0 Å². The fourth-order valence-electron chi connectivity index (χ4n) is 3.29. The first kappa shape index (κ1) is 19.0. The third-order valence-corrected chi connectivity index (χ3v) is 4.49. The minimum absolute atomic E-state index is 0.122. The molecule has 27 heavy (non-hydrogen) atoms. The van der Waals surface area contributed by atoms with E-state index >= 15 is 0 Å². The average Bonchev–Trinajstić information content (AvgIpc) is 2.65. The molecular formula is C21H28N4O2. The highest BCUT2D eigenvalue weighted by Crippen LogP contribution is 2.39. The topological polar surface area (TPSA) is 67.8 Å². The van der Waals surface area contributed by atoms with E-state index in [1.807, 2.05) is 37.3 Å². The van der Waals surface area contributed by atoms with Gasteiger partial charge in [-0.1, -0.05) is 24.3 Å². The van der Waals surface area contributed by atoms with Crippen molar-refractivity contribution >= 4 is 5.96 Å². The highest BCUT2D eigenvalue weighted by atomic mass is 16.5. The van der Waals surface area contributed by atoms with Crippen LogP contribution in [0.25, 0.3) is 0 Å². The molecule has 0 saturated carbocycles. The third-order valence-electron chi connectivity index (χ3n) is 4.49. The van der Waals surface area contributed by atoms with Gasteiger partial charge in [-0.3, -0.25) is 4.99 Å². The Morgan fingerprint density at radius 2 is 2.11 bits per heavy atom. The summed E-state index contributed by atoms with van der Waals surface area (Å²) in [6.07, 6.45) is 2.59. The normalized spacial score (nSPS) is 18.2. The molecule has 3 rings (SSSR count). The fourth-order valence-corrected chi connectivity index (χ4v) is 3.29. The second kappa shape index (κ2) is 8.29. The van der Waals surface area contributed by atoms with E-state index in [4.69, 9.17) is 9.47 Å². The molecule has 2 aromatic rings. The molecule has 2 N–H and O–H groups in total. The van der Waals surface area contributed by atoms with Gasteiger partial charge in [0.05, 0.1) is 12.6 Å². The number of benzene rings is 1. The summed E-state index contributed by atoms with van der Waals surface area (Å²) in [4.78, 5) is 8.68. The molecule has 0 fully saturated rings. The van der Waals surface area contributed by atoms with Crippen LogP contribution in [-0.4, -0.2) is 30.2 Å². The SMILES string of the molecule is CCOc1ncccc1CNC(=NC)NC1CC(C)(C)Oc2ccccc21. The number of nitrogens with one attached hydrogen (secondary N) is 2. The van der Waals surface area contributed by atoms with E-state index in [0.29, 0.717) is 19.0 Å². The molecule has 1 aliphatic heterocycles. The van der Waals surface area contributed by atoms with Crippen molar-refractivity contribution in [3.8, 4) is 11.6 Å². The zero-order valence-corrected chi connectivity index (χ0v) is 16.5. The summed E-state index contributed by atoms with van der Waals surface area (Å²) < 4.78 is 11.7. The van der Waals surface area contributed by atoms with Crippen molar-refractivity contribution < 1.29 is 9.47 Å². The van der Waals surface area contributed by atoms with Crippen molar-refractivity contribution in [3.63, 3.8) is 0 Å². The van der Waals surface area contributed by atoms with Crippen LogP contribution in [0.3, 0.4) is 0 Å². The lowest BCUT2D eigenvalue weighted by Crippen LogP contribution is -2.45. The van der Waals surface area contributed by atoms with Crippen molar-refractivity contribution in [3.05, 3.63) is 53.7 Å². The van der Waals surface area contributed by atoms with Crippen LogP contribution in [0.1, 0.15) is 44.4 Å². The Hall–Kier alpha value is -2.76. The van der Waals surface area contributed by atoms with Gasteiger partial charge in [0.25, 0.3) is 0 Å². The predicted molar refractivity (Wildman–Crippen MR) is 107 cm³/mol. The number of hydrogen-bond acceptors (Lipinski definition) is 4. The maximum absolute atomic E-state index is 6.11. The largest absolute Gasteiger partial charge is 0.487 e. The summed E-state index contributed by atoms with van der Waals surface area (Å²) in [5, 5.41) is 6.90. The Bertz CT molecular complexity index is 804. The number of aromatic nitrogens is 1. The second-order valence-electron chi connectivity index (χ2n) is 7.13. The molecule has 1 aliphatic rings. The average molecular weight is 368 g/mol. The molecule has 1 unspecified atom stereocenters. The number of guanidine groups is 1. The summed E-state index contributed by atoms with van der Waals surface area (Å²) >= 11 is 0. The fraction of sp³-hybridized carbons (Fsp3) is 0.429. The smallest absolute Gasteiger partial charge is 0.218 e. The van der Waals surface area contributed by atoms with Crippen LogP contribution in [0.4, 0.5) is 0 Å². The minimum Gasteiger partial charge on any atom is -0.487 e. The molecular weight excluding hydrogens is 340 g/mol. The van der Waals surface area contributed by atoms with E-state index in [1.54, 1.807) is 13.2 Å². The van der Waals surface area contributed by atoms with Gasteiger partial charge in [-0.25, -0.2) is 4.98 Å². The molecule has 1 aromatic heterocycles. The van der Waals surface area contributed by atoms with Gasteiger partial charge in [-0.15, -0.1) is 0 Å². The number of pyridine rings is 1. The first-order valence-corrected chi connectivity index (χ1v) is 9.34. The van der Waals surface area contributed by atoms with E-state index in [1.165, 1.54) is 0 Å². The summed E-state index contributed by atoms with van der Waals surface area (Å²) in [6.45, 7) is 7.34. The number of fused-ring (bicyclic) bond motifs is 1. The molecule has 2 heterocycles. The third kappa shape index (κ3) is 4.70. The van der Waals surface area contributed by atoms with Gasteiger partial charge in [0.1, 0.15) is 11.4 Å². The quantitative estimate of drug-likeness (QED) is 0.625. The van der Waals surface area contributed by atoms with Gasteiger partial charge >= 0.3 is 0 Å². The van der Waals surface area contributed by atoms with Crippen molar-refractivity contribution in [2.75, 3.05) is 13.7 Å². The summed E-state index contributed by atoms with van der Waals surface area (Å²) in [5.74, 6) is 2.31. The van der Waals surface area contributed by atoms with Crippen LogP contribution in [0.15, 0.2) is 47.6 Å². The zero-order valence-electron chi connectivity index (χ0n) is 16.5. The van der Waals surface area contributed by atoms with E-state index in [-0.39, 0.29) is 11.6 Å². The highest BCUT2D eigenvalue weighted by Gasteiger charge is 2.33. The number of aliphatic imine (C=N–C) groups is 1. The van der Waals surface area contributed by atoms with Crippen LogP contribution in [-0.2, 0) is 6.54 Å². The molecule has 0 amide bonds. The van der Waals surface area contributed by atoms with Gasteiger partial charge in [0.15, 0.2) is 5.96 Å². The van der Waals surface area contributed by atoms with Crippen molar-refractivity contribution in [2.24, 2.45) is 4.99 Å². The van der Waals surface area contributed by atoms with Gasteiger partial charge in [0.2, 0.25) is 5.88 Å². The lowest BCUT2D eigenvalue weighted by molar-refractivity contribution is 0.0694. The van der Waals surface area contributed by atoms with Gasteiger partial charge in [0, 0.05) is 37.3 Å². The molecule has 1 aromatic carbocycles. The molecule has 6 heteroatoms. The summed E-state index contributed by atoms with van der Waals surface area (Å²) in [5.41, 5.74) is 1.90. The van der Waals surface area contributed by atoms with Crippen molar-refractivity contribution in [1.29, 1.82) is 0 Å². The van der Waals surface area contributed by atoms with Crippen molar-refractivity contribution in [2.45, 2.75) is 45.4 Å². The van der Waals surface area contributed by atoms with Crippen LogP contribution < -0.4 is 20.1 Å². The maximum atomic E-state index is 6.11. The molecule has 1 atom stereocenters. The second-order valence-corrected chi connectivity index (χ2v) is 7.13. The van der Waals surface area contributed by atoms with Crippen LogP contribution in [0.5, 0.6) is 11.6 Å². The van der Waals surface area contributed by atoms with E-state index < -0.39 is 0 Å². The van der Waals surface area contributed by atoms with Gasteiger partial charge in [-0.05, 0) is 32.9 Å². The molecule has 0 aliphatic carbocycles. The first-order chi connectivity index (χ1) is 13.0. The minimum atomic E-state index is -0.240. The Balaban J connectivity index is 1.71. The number of para-hydroxylation sites is 1. The molecule has 144 valence electrons. The Labute approximate surface area is 161 Å². The van der Waals surface area contributed by atoms with E-state index in [0.717, 1.165) is 29.3 Å². The maximum Gasteiger partial charge on any atom is 0.218 e. The highest BCUT2D eigenvalue weighted by molar-refractivity contribution is 5.80. The summed E-state index contributed by atoms with van der Waals surface area (Å²) in [7, 11) is 1.78. The number of rotatable bonds is 5. The van der Waals surface area contributed by atoms with Gasteiger partial charge < -0.3 is 20.1 Å². The Morgan fingerprint density at radius 1 is 1.30 bits per heavy atom. The molecule has 0 radical (unpaired) electrons. The standard InChI is InChI=1S/C21H28N4O2/c1-5-26-19-15(9-8-12-23-19)14-24-20(22-4)25-17-13-21(2,3)27-18-11-7-6-10-16(17)18/h6-12,17H,5,13-14H2,1-4H3,(H2,22,24,25).